The van der Waals surface area contributed by atoms with Crippen molar-refractivity contribution < 1.29 is 28.7 Å². The van der Waals surface area contributed by atoms with E-state index in [-0.39, 0.29) is 24.5 Å². The molecule has 0 bridgehead atoms. The minimum Gasteiger partial charge on any atom is -0.484 e. The van der Waals surface area contributed by atoms with Gasteiger partial charge in [-0.2, -0.15) is 0 Å². The van der Waals surface area contributed by atoms with Crippen molar-refractivity contribution >= 4 is 23.8 Å². The van der Waals surface area contributed by atoms with Gasteiger partial charge in [0.05, 0.1) is 0 Å². The fourth-order valence-electron chi connectivity index (χ4n) is 4.35. The molecule has 0 unspecified atom stereocenters. The van der Waals surface area contributed by atoms with Crippen molar-refractivity contribution in [1.82, 2.24) is 10.2 Å². The second-order valence-electron chi connectivity index (χ2n) is 9.61. The first kappa shape index (κ1) is 23.6. The van der Waals surface area contributed by atoms with E-state index in [0.29, 0.717) is 30.1 Å². The SMILES string of the molecule is CC(C)(C)C1CCC2(CC1)NC(=O)N(CC(=O)OCc1cccc(OCC(N)=O)c1)C2=O. The van der Waals surface area contributed by atoms with E-state index in [1.807, 2.05) is 0 Å². The summed E-state index contributed by atoms with van der Waals surface area (Å²) in [6.45, 7) is 5.81. The summed E-state index contributed by atoms with van der Waals surface area (Å²) in [5.74, 6) is -0.732. The predicted octanol–water partition coefficient (Wildman–Crippen LogP) is 2.12. The Morgan fingerprint density at radius 1 is 1.22 bits per heavy atom. The summed E-state index contributed by atoms with van der Waals surface area (Å²) < 4.78 is 10.5. The molecular formula is C23H31N3O6. The molecule has 174 valence electrons. The van der Waals surface area contributed by atoms with Crippen LogP contribution >= 0.6 is 0 Å². The lowest BCUT2D eigenvalue weighted by Gasteiger charge is -2.40. The Morgan fingerprint density at radius 3 is 2.53 bits per heavy atom. The van der Waals surface area contributed by atoms with E-state index in [4.69, 9.17) is 15.2 Å². The van der Waals surface area contributed by atoms with Gasteiger partial charge in [0, 0.05) is 0 Å². The van der Waals surface area contributed by atoms with E-state index in [1.54, 1.807) is 24.3 Å². The van der Waals surface area contributed by atoms with Gasteiger partial charge in [-0.15, -0.1) is 0 Å². The minimum atomic E-state index is -0.911. The number of esters is 1. The molecule has 1 aromatic rings. The zero-order chi connectivity index (χ0) is 23.5. The van der Waals surface area contributed by atoms with Gasteiger partial charge >= 0.3 is 12.0 Å². The summed E-state index contributed by atoms with van der Waals surface area (Å²) in [4.78, 5) is 49.6. The van der Waals surface area contributed by atoms with Crippen molar-refractivity contribution in [3.05, 3.63) is 29.8 Å². The summed E-state index contributed by atoms with van der Waals surface area (Å²) in [6, 6.07) is 6.13. The minimum absolute atomic E-state index is 0.0609. The molecule has 1 heterocycles. The van der Waals surface area contributed by atoms with Crippen molar-refractivity contribution in [2.75, 3.05) is 13.2 Å². The predicted molar refractivity (Wildman–Crippen MR) is 115 cm³/mol. The standard InChI is InChI=1S/C23H31N3O6/c1-22(2,3)16-7-9-23(10-8-16)20(29)26(21(30)25-23)12-19(28)32-13-15-5-4-6-17(11-15)31-14-18(24)27/h4-6,11,16H,7-10,12-14H2,1-3H3,(H2,24,27)(H,25,30). The van der Waals surface area contributed by atoms with Crippen molar-refractivity contribution in [3.8, 4) is 5.75 Å². The number of urea groups is 1. The third-order valence-corrected chi connectivity index (χ3v) is 6.28. The molecule has 0 aromatic heterocycles. The molecule has 1 aromatic carbocycles. The van der Waals surface area contributed by atoms with Crippen LogP contribution in [-0.4, -0.2) is 47.4 Å². The monoisotopic (exact) mass is 445 g/mol. The van der Waals surface area contributed by atoms with Gasteiger partial charge in [-0.3, -0.25) is 19.3 Å². The second kappa shape index (κ2) is 9.18. The molecule has 2 aliphatic rings. The average Bonchev–Trinajstić information content (AvgIpc) is 2.94. The molecule has 2 fully saturated rings. The topological polar surface area (TPSA) is 128 Å². The Hall–Kier alpha value is -3.10. The van der Waals surface area contributed by atoms with Gasteiger partial charge in [0.25, 0.3) is 11.8 Å². The normalized spacial score (nSPS) is 23.2. The maximum atomic E-state index is 13.0. The largest absolute Gasteiger partial charge is 0.484 e. The van der Waals surface area contributed by atoms with Crippen LogP contribution < -0.4 is 15.8 Å². The Bertz CT molecular complexity index is 899. The summed E-state index contributed by atoms with van der Waals surface area (Å²) in [7, 11) is 0. The lowest BCUT2D eigenvalue weighted by Crippen LogP contribution is -2.50. The second-order valence-corrected chi connectivity index (χ2v) is 9.61. The van der Waals surface area contributed by atoms with Gasteiger partial charge < -0.3 is 20.5 Å². The van der Waals surface area contributed by atoms with Gasteiger partial charge in [-0.05, 0) is 54.7 Å². The molecule has 1 aliphatic carbocycles. The highest BCUT2D eigenvalue weighted by atomic mass is 16.5. The van der Waals surface area contributed by atoms with E-state index >= 15 is 0 Å². The number of ether oxygens (including phenoxy) is 2. The van der Waals surface area contributed by atoms with E-state index in [0.717, 1.165) is 17.7 Å². The Balaban J connectivity index is 1.53. The molecule has 9 nitrogen and oxygen atoms in total. The third-order valence-electron chi connectivity index (χ3n) is 6.28. The Labute approximate surface area is 187 Å². The van der Waals surface area contributed by atoms with E-state index in [1.165, 1.54) is 0 Å². The maximum absolute atomic E-state index is 13.0. The third kappa shape index (κ3) is 5.38. The number of rotatable bonds is 7. The summed E-state index contributed by atoms with van der Waals surface area (Å²) in [6.07, 6.45) is 2.84. The molecule has 1 spiro atoms. The van der Waals surface area contributed by atoms with Crippen LogP contribution in [0.3, 0.4) is 0 Å². The Kier molecular flexibility index (Phi) is 6.76. The number of nitrogens with two attached hydrogens (primary N) is 1. The van der Waals surface area contributed by atoms with Crippen molar-refractivity contribution in [1.29, 1.82) is 0 Å². The molecule has 32 heavy (non-hydrogen) atoms. The van der Waals surface area contributed by atoms with Crippen LogP contribution in [0.1, 0.15) is 52.0 Å². The molecule has 4 amide bonds. The van der Waals surface area contributed by atoms with E-state index in [2.05, 4.69) is 26.1 Å². The van der Waals surface area contributed by atoms with Gasteiger partial charge in [-0.1, -0.05) is 32.9 Å². The number of hydrogen-bond acceptors (Lipinski definition) is 6. The number of primary amides is 1. The van der Waals surface area contributed by atoms with Gasteiger partial charge in [0.2, 0.25) is 0 Å². The summed E-state index contributed by atoms with van der Waals surface area (Å²) in [5.41, 5.74) is 4.93. The zero-order valence-electron chi connectivity index (χ0n) is 18.8. The van der Waals surface area contributed by atoms with Crippen LogP contribution in [0, 0.1) is 11.3 Å². The number of nitrogens with zero attached hydrogens (tertiary/aromatic N) is 1. The first-order valence-electron chi connectivity index (χ1n) is 10.8. The van der Waals surface area contributed by atoms with Crippen LogP contribution in [0.15, 0.2) is 24.3 Å². The number of nitrogens with one attached hydrogen (secondary N) is 1. The molecule has 1 saturated carbocycles. The number of carbonyl (C=O) groups excluding carboxylic acids is 4. The summed E-state index contributed by atoms with van der Waals surface area (Å²) in [5, 5.41) is 2.83. The molecule has 9 heteroatoms. The van der Waals surface area contributed by atoms with Crippen LogP contribution in [0.5, 0.6) is 5.75 Å². The molecule has 1 aliphatic heterocycles. The van der Waals surface area contributed by atoms with Crippen molar-refractivity contribution in [3.63, 3.8) is 0 Å². The number of benzene rings is 1. The first-order chi connectivity index (χ1) is 15.0. The zero-order valence-corrected chi connectivity index (χ0v) is 18.8. The maximum Gasteiger partial charge on any atom is 0.326 e. The molecule has 1 saturated heterocycles. The van der Waals surface area contributed by atoms with Crippen LogP contribution in [0.25, 0.3) is 0 Å². The molecular weight excluding hydrogens is 414 g/mol. The highest BCUT2D eigenvalue weighted by Gasteiger charge is 2.53. The van der Waals surface area contributed by atoms with Crippen LogP contribution in [0.4, 0.5) is 4.79 Å². The van der Waals surface area contributed by atoms with Crippen LogP contribution in [0.2, 0.25) is 0 Å². The molecule has 3 N–H and O–H groups in total. The van der Waals surface area contributed by atoms with Crippen LogP contribution in [-0.2, 0) is 25.7 Å². The molecule has 0 radical (unpaired) electrons. The quantitative estimate of drug-likeness (QED) is 0.489. The van der Waals surface area contributed by atoms with Crippen molar-refractivity contribution in [2.45, 2.75) is 58.6 Å². The van der Waals surface area contributed by atoms with Gasteiger partial charge in [0.15, 0.2) is 6.61 Å². The lowest BCUT2D eigenvalue weighted by molar-refractivity contribution is -0.149. The highest BCUT2D eigenvalue weighted by Crippen LogP contribution is 2.43. The van der Waals surface area contributed by atoms with Gasteiger partial charge in [0.1, 0.15) is 24.4 Å². The number of hydrogen-bond donors (Lipinski definition) is 2. The fraction of sp³-hybridized carbons (Fsp3) is 0.565. The highest BCUT2D eigenvalue weighted by molar-refractivity contribution is 6.08. The number of amides is 4. The summed E-state index contributed by atoms with van der Waals surface area (Å²) >= 11 is 0. The average molecular weight is 446 g/mol. The first-order valence-corrected chi connectivity index (χ1v) is 10.8. The number of imide groups is 1. The molecule has 0 atom stereocenters. The smallest absolute Gasteiger partial charge is 0.326 e. The lowest BCUT2D eigenvalue weighted by atomic mass is 9.67. The fourth-order valence-corrected chi connectivity index (χ4v) is 4.35. The number of carbonyl (C=O) groups is 4. The molecule has 3 rings (SSSR count). The van der Waals surface area contributed by atoms with E-state index in [9.17, 15) is 19.2 Å². The van der Waals surface area contributed by atoms with E-state index < -0.39 is 30.0 Å². The van der Waals surface area contributed by atoms with Gasteiger partial charge in [-0.25, -0.2) is 4.79 Å². The van der Waals surface area contributed by atoms with Crippen molar-refractivity contribution in [2.24, 2.45) is 17.1 Å². The Morgan fingerprint density at radius 2 is 1.91 bits per heavy atom.